The van der Waals surface area contributed by atoms with Gasteiger partial charge in [0.25, 0.3) is 0 Å². The third kappa shape index (κ3) is 13.3. The van der Waals surface area contributed by atoms with E-state index in [1.54, 1.807) is 0 Å². The van der Waals surface area contributed by atoms with Gasteiger partial charge in [-0.2, -0.15) is 0 Å². The van der Waals surface area contributed by atoms with Crippen LogP contribution in [0.3, 0.4) is 0 Å². The molecule has 1 aliphatic heterocycles. The molecule has 0 saturated carbocycles. The molecule has 0 aromatic heterocycles. The summed E-state index contributed by atoms with van der Waals surface area (Å²) in [5.74, 6) is 1.77. The van der Waals surface area contributed by atoms with Crippen LogP contribution in [-0.4, -0.2) is 23.3 Å². The molecule has 3 rings (SSSR count). The monoisotopic (exact) mass is 616 g/mol. The molecule has 0 fully saturated rings. The SMILES string of the molecule is Br.CCCCCCCCCCCCCCOc1ccccc1CC(=O)Nc1ccccc1CN1C=C(C)SC1. The molecule has 0 unspecified atom stereocenters. The van der Waals surface area contributed by atoms with Crippen molar-refractivity contribution in [3.8, 4) is 5.75 Å². The second kappa shape index (κ2) is 20.0. The highest BCUT2D eigenvalue weighted by Crippen LogP contribution is 2.28. The van der Waals surface area contributed by atoms with Crippen LogP contribution in [0.15, 0.2) is 59.6 Å². The molecule has 0 saturated heterocycles. The van der Waals surface area contributed by atoms with Crippen LogP contribution in [0.1, 0.15) is 102 Å². The molecule has 0 radical (unpaired) electrons. The second-order valence-electron chi connectivity index (χ2n) is 10.5. The molecule has 0 aliphatic carbocycles. The number of benzene rings is 2. The molecule has 2 aromatic carbocycles. The van der Waals surface area contributed by atoms with Gasteiger partial charge in [-0.05, 0) is 35.9 Å². The number of halogens is 1. The van der Waals surface area contributed by atoms with Gasteiger partial charge in [0.15, 0.2) is 0 Å². The van der Waals surface area contributed by atoms with Gasteiger partial charge in [-0.15, -0.1) is 28.7 Å². The predicted octanol–water partition coefficient (Wildman–Crippen LogP) is 9.89. The largest absolute Gasteiger partial charge is 0.493 e. The first-order chi connectivity index (χ1) is 18.7. The molecule has 1 amide bonds. The Kier molecular flexibility index (Phi) is 17.1. The van der Waals surface area contributed by atoms with Crippen LogP contribution in [0.5, 0.6) is 5.75 Å². The van der Waals surface area contributed by atoms with Gasteiger partial charge in [0, 0.05) is 24.0 Å². The van der Waals surface area contributed by atoms with Gasteiger partial charge in [-0.1, -0.05) is 114 Å². The molecule has 0 atom stereocenters. The number of thioether (sulfide) groups is 1. The second-order valence-corrected chi connectivity index (χ2v) is 11.7. The molecule has 0 bridgehead atoms. The van der Waals surface area contributed by atoms with Crippen molar-refractivity contribution >= 4 is 40.3 Å². The van der Waals surface area contributed by atoms with E-state index in [4.69, 9.17) is 4.74 Å². The molecule has 0 spiro atoms. The van der Waals surface area contributed by atoms with Crippen molar-refractivity contribution in [3.63, 3.8) is 0 Å². The van der Waals surface area contributed by atoms with Crippen LogP contribution in [0.25, 0.3) is 0 Å². The zero-order chi connectivity index (χ0) is 26.8. The molecular weight excluding hydrogens is 568 g/mol. The highest BCUT2D eigenvalue weighted by Gasteiger charge is 2.14. The van der Waals surface area contributed by atoms with Crippen LogP contribution in [0.2, 0.25) is 0 Å². The Hall–Kier alpha value is -1.92. The molecule has 2 aromatic rings. The van der Waals surface area contributed by atoms with E-state index >= 15 is 0 Å². The molecule has 1 aliphatic rings. The standard InChI is InChI=1S/C33H48N2O2S.BrH/c1-3-4-5-6-7-8-9-10-11-12-13-18-23-37-32-22-17-15-19-29(32)24-33(36)34-31-21-16-14-20-30(31)26-35-25-28(2)38-27-35;/h14-17,19-22,25H,3-13,18,23-24,26-27H2,1-2H3,(H,34,36);1H. The van der Waals surface area contributed by atoms with E-state index in [0.29, 0.717) is 13.0 Å². The predicted molar refractivity (Wildman–Crippen MR) is 174 cm³/mol. The number of ether oxygens (including phenoxy) is 1. The average molecular weight is 618 g/mol. The van der Waals surface area contributed by atoms with Crippen LogP contribution in [0.4, 0.5) is 5.69 Å². The van der Waals surface area contributed by atoms with E-state index in [1.807, 2.05) is 54.2 Å². The summed E-state index contributed by atoms with van der Waals surface area (Å²) in [6.45, 7) is 5.91. The number of hydrogen-bond donors (Lipinski definition) is 1. The fourth-order valence-electron chi connectivity index (χ4n) is 4.89. The van der Waals surface area contributed by atoms with E-state index in [9.17, 15) is 4.79 Å². The summed E-state index contributed by atoms with van der Waals surface area (Å²) in [5, 5.41) is 3.14. The van der Waals surface area contributed by atoms with Crippen LogP contribution >= 0.6 is 28.7 Å². The summed E-state index contributed by atoms with van der Waals surface area (Å²) in [7, 11) is 0. The minimum Gasteiger partial charge on any atom is -0.493 e. The summed E-state index contributed by atoms with van der Waals surface area (Å²) in [6, 6.07) is 16.0. The van der Waals surface area contributed by atoms with Crippen molar-refractivity contribution in [1.82, 2.24) is 4.90 Å². The fraction of sp³-hybridized carbons (Fsp3) is 0.545. The highest BCUT2D eigenvalue weighted by molar-refractivity contribution is 8.93. The van der Waals surface area contributed by atoms with Gasteiger partial charge < -0.3 is 15.0 Å². The first-order valence-corrected chi connectivity index (χ1v) is 15.8. The maximum atomic E-state index is 13.0. The van der Waals surface area contributed by atoms with E-state index in [2.05, 4.69) is 36.3 Å². The van der Waals surface area contributed by atoms with Gasteiger partial charge >= 0.3 is 0 Å². The van der Waals surface area contributed by atoms with Gasteiger partial charge in [-0.25, -0.2) is 0 Å². The average Bonchev–Trinajstić information content (AvgIpc) is 3.33. The first kappa shape index (κ1) is 33.3. The molecule has 4 nitrogen and oxygen atoms in total. The summed E-state index contributed by atoms with van der Waals surface area (Å²) in [4.78, 5) is 16.6. The minimum atomic E-state index is -0.0126. The topological polar surface area (TPSA) is 41.6 Å². The van der Waals surface area contributed by atoms with Crippen molar-refractivity contribution in [3.05, 3.63) is 70.8 Å². The number of anilines is 1. The number of carbonyl (C=O) groups is 1. The van der Waals surface area contributed by atoms with Crippen LogP contribution in [0, 0.1) is 0 Å². The fourth-order valence-corrected chi connectivity index (χ4v) is 5.65. The normalized spacial score (nSPS) is 12.7. The Morgan fingerprint density at radius 3 is 2.08 bits per heavy atom. The van der Waals surface area contributed by atoms with Crippen molar-refractivity contribution in [2.24, 2.45) is 0 Å². The number of hydrogen-bond acceptors (Lipinski definition) is 4. The third-order valence-corrected chi connectivity index (χ3v) is 8.09. The Morgan fingerprint density at radius 1 is 0.846 bits per heavy atom. The number of carbonyl (C=O) groups excluding carboxylic acids is 1. The maximum Gasteiger partial charge on any atom is 0.228 e. The summed E-state index contributed by atoms with van der Waals surface area (Å²) >= 11 is 1.85. The van der Waals surface area contributed by atoms with E-state index < -0.39 is 0 Å². The number of unbranched alkanes of at least 4 members (excludes halogenated alkanes) is 11. The lowest BCUT2D eigenvalue weighted by Crippen LogP contribution is -2.18. The van der Waals surface area contributed by atoms with Crippen LogP contribution in [-0.2, 0) is 17.8 Å². The van der Waals surface area contributed by atoms with E-state index in [-0.39, 0.29) is 22.9 Å². The lowest BCUT2D eigenvalue weighted by molar-refractivity contribution is -0.115. The van der Waals surface area contributed by atoms with Crippen LogP contribution < -0.4 is 10.1 Å². The number of para-hydroxylation sites is 2. The summed E-state index contributed by atoms with van der Waals surface area (Å²) in [6.07, 6.45) is 18.5. The molecule has 1 heterocycles. The number of amides is 1. The molecular formula is C33H49BrN2O2S. The Balaban J connectivity index is 0.00000533. The first-order valence-electron chi connectivity index (χ1n) is 14.8. The molecule has 216 valence electrons. The quantitative estimate of drug-likeness (QED) is 0.159. The van der Waals surface area contributed by atoms with Crippen molar-refractivity contribution in [1.29, 1.82) is 0 Å². The Bertz CT molecular complexity index is 997. The number of rotatable bonds is 19. The number of nitrogens with zero attached hydrogens (tertiary/aromatic N) is 1. The van der Waals surface area contributed by atoms with Gasteiger partial charge in [0.1, 0.15) is 5.75 Å². The summed E-state index contributed by atoms with van der Waals surface area (Å²) < 4.78 is 6.11. The highest BCUT2D eigenvalue weighted by atomic mass is 79.9. The van der Waals surface area contributed by atoms with Gasteiger partial charge in [0.2, 0.25) is 5.91 Å². The number of nitrogens with one attached hydrogen (secondary N) is 1. The van der Waals surface area contributed by atoms with E-state index in [0.717, 1.165) is 41.4 Å². The van der Waals surface area contributed by atoms with E-state index in [1.165, 1.54) is 75.5 Å². The molecule has 6 heteroatoms. The smallest absolute Gasteiger partial charge is 0.228 e. The molecule has 39 heavy (non-hydrogen) atoms. The Morgan fingerprint density at radius 2 is 1.44 bits per heavy atom. The van der Waals surface area contributed by atoms with Gasteiger partial charge in [-0.3, -0.25) is 4.79 Å². The molecule has 1 N–H and O–H groups in total. The zero-order valence-electron chi connectivity index (χ0n) is 24.1. The lowest BCUT2D eigenvalue weighted by atomic mass is 10.1. The van der Waals surface area contributed by atoms with Gasteiger partial charge in [0.05, 0.1) is 18.9 Å². The maximum absolute atomic E-state index is 13.0. The van der Waals surface area contributed by atoms with Crippen molar-refractivity contribution in [2.45, 2.75) is 104 Å². The van der Waals surface area contributed by atoms with Crippen molar-refractivity contribution < 1.29 is 9.53 Å². The zero-order valence-corrected chi connectivity index (χ0v) is 26.6. The van der Waals surface area contributed by atoms with Crippen molar-refractivity contribution in [2.75, 3.05) is 17.8 Å². The summed E-state index contributed by atoms with van der Waals surface area (Å²) in [5.41, 5.74) is 2.95. The number of allylic oxidation sites excluding steroid dienone is 1. The Labute approximate surface area is 252 Å². The third-order valence-electron chi connectivity index (χ3n) is 7.07. The lowest BCUT2D eigenvalue weighted by Gasteiger charge is -2.18. The minimum absolute atomic E-state index is 0.